The minimum atomic E-state index is 0.0800. The van der Waals surface area contributed by atoms with Gasteiger partial charge in [0.15, 0.2) is 0 Å². The maximum atomic E-state index is 12.9. The van der Waals surface area contributed by atoms with Crippen LogP contribution in [0.15, 0.2) is 48.5 Å². The van der Waals surface area contributed by atoms with Crippen molar-refractivity contribution in [1.29, 1.82) is 0 Å². The number of carbonyl (C=O) groups excluding carboxylic acids is 1. The van der Waals surface area contributed by atoms with Crippen molar-refractivity contribution in [2.75, 3.05) is 13.1 Å². The lowest BCUT2D eigenvalue weighted by Crippen LogP contribution is -2.41. The van der Waals surface area contributed by atoms with E-state index in [1.807, 2.05) is 41.3 Å². The van der Waals surface area contributed by atoms with Gasteiger partial charge >= 0.3 is 0 Å². The van der Waals surface area contributed by atoms with E-state index in [0.717, 1.165) is 42.6 Å². The van der Waals surface area contributed by atoms with Crippen LogP contribution in [-0.4, -0.2) is 35.0 Å². The number of H-pyrrole nitrogens is 1. The van der Waals surface area contributed by atoms with E-state index < -0.39 is 0 Å². The molecule has 134 valence electrons. The highest BCUT2D eigenvalue weighted by molar-refractivity contribution is 5.99. The molecule has 26 heavy (non-hydrogen) atoms. The number of aromatic amines is 1. The summed E-state index contributed by atoms with van der Waals surface area (Å²) >= 11 is 0. The van der Waals surface area contributed by atoms with Crippen molar-refractivity contribution < 1.29 is 9.53 Å². The van der Waals surface area contributed by atoms with Crippen LogP contribution in [0, 0.1) is 13.8 Å². The first-order chi connectivity index (χ1) is 12.6. The van der Waals surface area contributed by atoms with Crippen LogP contribution in [0.4, 0.5) is 0 Å². The fraction of sp³-hybridized carbons (Fsp3) is 0.318. The molecule has 4 nitrogen and oxygen atoms in total. The van der Waals surface area contributed by atoms with E-state index >= 15 is 0 Å². The number of aromatic nitrogens is 1. The average Bonchev–Trinajstić information content (AvgIpc) is 3.07. The van der Waals surface area contributed by atoms with Crippen molar-refractivity contribution in [3.8, 4) is 5.75 Å². The molecule has 1 aromatic heterocycles. The Balaban J connectivity index is 1.43. The molecule has 3 aromatic rings. The molecular formula is C22H24N2O2. The summed E-state index contributed by atoms with van der Waals surface area (Å²) < 4.78 is 6.02. The maximum absolute atomic E-state index is 12.9. The van der Waals surface area contributed by atoms with E-state index in [-0.39, 0.29) is 12.0 Å². The number of nitrogens with zero attached hydrogens (tertiary/aromatic N) is 1. The Hall–Kier alpha value is -2.75. The Labute approximate surface area is 153 Å². The quantitative estimate of drug-likeness (QED) is 0.759. The average molecular weight is 348 g/mol. The van der Waals surface area contributed by atoms with E-state index in [1.165, 1.54) is 11.1 Å². The lowest BCUT2D eigenvalue weighted by molar-refractivity contribution is 0.0591. The van der Waals surface area contributed by atoms with Gasteiger partial charge in [-0.3, -0.25) is 4.79 Å². The SMILES string of the molecule is Cc1cc(C)c2cc(C(=O)N3CCC(Oc4ccccc4)CC3)[nH]c2c1. The van der Waals surface area contributed by atoms with Crippen LogP contribution in [0.5, 0.6) is 5.75 Å². The van der Waals surface area contributed by atoms with E-state index in [9.17, 15) is 4.79 Å². The molecule has 1 fully saturated rings. The van der Waals surface area contributed by atoms with Gasteiger partial charge in [0.05, 0.1) is 0 Å². The predicted molar refractivity (Wildman–Crippen MR) is 104 cm³/mol. The lowest BCUT2D eigenvalue weighted by Gasteiger charge is -2.32. The minimum absolute atomic E-state index is 0.0800. The summed E-state index contributed by atoms with van der Waals surface area (Å²) in [7, 11) is 0. The number of nitrogens with one attached hydrogen (secondary N) is 1. The van der Waals surface area contributed by atoms with Crippen LogP contribution in [0.3, 0.4) is 0 Å². The largest absolute Gasteiger partial charge is 0.490 e. The van der Waals surface area contributed by atoms with Gasteiger partial charge < -0.3 is 14.6 Å². The summed E-state index contributed by atoms with van der Waals surface area (Å²) in [5, 5.41) is 1.13. The molecule has 0 spiro atoms. The Morgan fingerprint density at radius 2 is 1.81 bits per heavy atom. The third-order valence-corrected chi connectivity index (χ3v) is 5.09. The number of rotatable bonds is 3. The summed E-state index contributed by atoms with van der Waals surface area (Å²) in [6.07, 6.45) is 1.90. The Morgan fingerprint density at radius 1 is 1.08 bits per heavy atom. The zero-order valence-electron chi connectivity index (χ0n) is 15.3. The van der Waals surface area contributed by atoms with Gasteiger partial charge in [0.2, 0.25) is 0 Å². The lowest BCUT2D eigenvalue weighted by atomic mass is 10.1. The first kappa shape index (κ1) is 16.7. The van der Waals surface area contributed by atoms with Crippen molar-refractivity contribution in [2.24, 2.45) is 0 Å². The zero-order chi connectivity index (χ0) is 18.1. The van der Waals surface area contributed by atoms with Crippen LogP contribution < -0.4 is 4.74 Å². The Kier molecular flexibility index (Phi) is 4.41. The second-order valence-electron chi connectivity index (χ2n) is 7.15. The standard InChI is InChI=1S/C22H24N2O2/c1-15-12-16(2)19-14-21(23-20(19)13-15)22(25)24-10-8-18(9-11-24)26-17-6-4-3-5-7-17/h3-7,12-14,18,23H,8-11H2,1-2H3. The number of piperidine rings is 1. The van der Waals surface area contributed by atoms with Gasteiger partial charge in [-0.25, -0.2) is 0 Å². The molecule has 1 amide bonds. The summed E-state index contributed by atoms with van der Waals surface area (Å²) in [5.74, 6) is 0.982. The summed E-state index contributed by atoms with van der Waals surface area (Å²) in [6, 6.07) is 16.1. The molecule has 0 aliphatic carbocycles. The van der Waals surface area contributed by atoms with Crippen LogP contribution in [-0.2, 0) is 0 Å². The number of carbonyl (C=O) groups is 1. The van der Waals surface area contributed by atoms with Gasteiger partial charge in [-0.2, -0.15) is 0 Å². The minimum Gasteiger partial charge on any atom is -0.490 e. The molecule has 1 aliphatic rings. The molecule has 1 aliphatic heterocycles. The molecular weight excluding hydrogens is 324 g/mol. The Bertz CT molecular complexity index is 922. The van der Waals surface area contributed by atoms with Gasteiger partial charge in [0.1, 0.15) is 17.5 Å². The number of ether oxygens (including phenoxy) is 1. The highest BCUT2D eigenvalue weighted by atomic mass is 16.5. The molecule has 0 unspecified atom stereocenters. The fourth-order valence-electron chi connectivity index (χ4n) is 3.75. The van der Waals surface area contributed by atoms with Gasteiger partial charge in [-0.05, 0) is 49.2 Å². The normalized spacial score (nSPS) is 15.4. The Morgan fingerprint density at radius 3 is 2.54 bits per heavy atom. The number of hydrogen-bond donors (Lipinski definition) is 1. The number of benzene rings is 2. The van der Waals surface area contributed by atoms with Crippen molar-refractivity contribution >= 4 is 16.8 Å². The van der Waals surface area contributed by atoms with Crippen LogP contribution in [0.1, 0.15) is 34.5 Å². The van der Waals surface area contributed by atoms with Crippen molar-refractivity contribution in [3.05, 3.63) is 65.4 Å². The van der Waals surface area contributed by atoms with Gasteiger partial charge in [-0.15, -0.1) is 0 Å². The molecule has 1 N–H and O–H groups in total. The number of likely N-dealkylation sites (tertiary alicyclic amines) is 1. The number of aryl methyl sites for hydroxylation is 2. The zero-order valence-corrected chi connectivity index (χ0v) is 15.3. The number of fused-ring (bicyclic) bond motifs is 1. The third-order valence-electron chi connectivity index (χ3n) is 5.09. The molecule has 4 rings (SSSR count). The maximum Gasteiger partial charge on any atom is 0.270 e. The van der Waals surface area contributed by atoms with Crippen LogP contribution >= 0.6 is 0 Å². The van der Waals surface area contributed by atoms with Crippen LogP contribution in [0.2, 0.25) is 0 Å². The number of para-hydroxylation sites is 1. The van der Waals surface area contributed by atoms with E-state index in [1.54, 1.807) is 0 Å². The highest BCUT2D eigenvalue weighted by Crippen LogP contribution is 2.24. The van der Waals surface area contributed by atoms with Crippen molar-refractivity contribution in [3.63, 3.8) is 0 Å². The monoisotopic (exact) mass is 348 g/mol. The molecule has 2 aromatic carbocycles. The van der Waals surface area contributed by atoms with Gasteiger partial charge in [-0.1, -0.05) is 24.3 Å². The fourth-order valence-corrected chi connectivity index (χ4v) is 3.75. The van der Waals surface area contributed by atoms with Crippen molar-refractivity contribution in [2.45, 2.75) is 32.8 Å². The van der Waals surface area contributed by atoms with E-state index in [0.29, 0.717) is 5.69 Å². The number of hydrogen-bond acceptors (Lipinski definition) is 2. The van der Waals surface area contributed by atoms with Crippen LogP contribution in [0.25, 0.3) is 10.9 Å². The molecule has 0 bridgehead atoms. The van der Waals surface area contributed by atoms with E-state index in [4.69, 9.17) is 4.74 Å². The van der Waals surface area contributed by atoms with Crippen molar-refractivity contribution in [1.82, 2.24) is 9.88 Å². The second-order valence-corrected chi connectivity index (χ2v) is 7.15. The summed E-state index contributed by atoms with van der Waals surface area (Å²) in [4.78, 5) is 18.1. The molecule has 0 radical (unpaired) electrons. The number of amides is 1. The summed E-state index contributed by atoms with van der Waals surface area (Å²) in [5.41, 5.74) is 4.12. The second kappa shape index (κ2) is 6.87. The molecule has 1 saturated heterocycles. The molecule has 4 heteroatoms. The molecule has 2 heterocycles. The van der Waals surface area contributed by atoms with Gasteiger partial charge in [0.25, 0.3) is 5.91 Å². The summed E-state index contributed by atoms with van der Waals surface area (Å²) in [6.45, 7) is 5.61. The molecule has 0 saturated carbocycles. The first-order valence-electron chi connectivity index (χ1n) is 9.21. The highest BCUT2D eigenvalue weighted by Gasteiger charge is 2.25. The first-order valence-corrected chi connectivity index (χ1v) is 9.21. The predicted octanol–water partition coefficient (Wildman–Crippen LogP) is 4.47. The topological polar surface area (TPSA) is 45.3 Å². The third kappa shape index (κ3) is 3.32. The van der Waals surface area contributed by atoms with Gasteiger partial charge in [0, 0.05) is 36.8 Å². The molecule has 0 atom stereocenters. The van der Waals surface area contributed by atoms with E-state index in [2.05, 4.69) is 31.0 Å². The smallest absolute Gasteiger partial charge is 0.270 e.